The molecule has 61 heavy (non-hydrogen) atoms. The Morgan fingerprint density at radius 1 is 0.885 bits per heavy atom. The van der Waals surface area contributed by atoms with Crippen LogP contribution in [0.1, 0.15) is 112 Å². The molecule has 4 atom stereocenters. The van der Waals surface area contributed by atoms with Crippen LogP contribution in [-0.4, -0.2) is 141 Å². The Morgan fingerprint density at radius 2 is 1.59 bits per heavy atom. The summed E-state index contributed by atoms with van der Waals surface area (Å²) in [4.78, 5) is 48.1. The molecule has 1 aromatic heterocycles. The first-order valence-corrected chi connectivity index (χ1v) is 22.1. The number of amides is 5. The fraction of sp³-hybridized carbons (Fsp3) is 0.850. The van der Waals surface area contributed by atoms with Crippen LogP contribution in [0.2, 0.25) is 0 Å². The highest BCUT2D eigenvalue weighted by molar-refractivity contribution is 8.00. The van der Waals surface area contributed by atoms with Crippen LogP contribution in [0.3, 0.4) is 0 Å². The van der Waals surface area contributed by atoms with Gasteiger partial charge in [0, 0.05) is 36.9 Å². The van der Waals surface area contributed by atoms with Crippen LogP contribution >= 0.6 is 11.8 Å². The van der Waals surface area contributed by atoms with E-state index in [0.717, 1.165) is 25.0 Å². The van der Waals surface area contributed by atoms with E-state index in [1.54, 1.807) is 32.4 Å². The Bertz CT molecular complexity index is 1560. The third-order valence-corrected chi connectivity index (χ3v) is 11.9. The average Bonchev–Trinajstić information content (AvgIpc) is 3.87. The summed E-state index contributed by atoms with van der Waals surface area (Å²) in [5, 5.41) is 31.7. The third kappa shape index (κ3) is 20.2. The van der Waals surface area contributed by atoms with Gasteiger partial charge >= 0.3 is 12.2 Å². The van der Waals surface area contributed by atoms with Gasteiger partial charge in [-0.15, -0.1) is 5.10 Å². The second-order valence-corrected chi connectivity index (χ2v) is 19.4. The minimum atomic E-state index is -5.04. The topological polar surface area (TPSA) is 216 Å². The van der Waals surface area contributed by atoms with E-state index in [1.165, 1.54) is 0 Å². The number of halogens is 3. The predicted molar refractivity (Wildman–Crippen MR) is 222 cm³/mol. The molecule has 3 unspecified atom stereocenters. The number of thioether (sulfide) groups is 1. The first-order valence-electron chi connectivity index (χ1n) is 21.0. The van der Waals surface area contributed by atoms with Crippen LogP contribution < -0.4 is 26.6 Å². The number of fused-ring (bicyclic) bond motifs is 1. The second-order valence-electron chi connectivity index (χ2n) is 18.2. The molecule has 17 nitrogen and oxygen atoms in total. The van der Waals surface area contributed by atoms with Crippen molar-refractivity contribution in [3.63, 3.8) is 0 Å². The van der Waals surface area contributed by atoms with Crippen molar-refractivity contribution in [2.45, 2.75) is 172 Å². The van der Waals surface area contributed by atoms with Crippen LogP contribution in [0, 0.1) is 0 Å². The van der Waals surface area contributed by atoms with Gasteiger partial charge in [0.25, 0.3) is 5.91 Å². The molecule has 5 amide bonds. The van der Waals surface area contributed by atoms with Crippen molar-refractivity contribution in [1.82, 2.24) is 41.6 Å². The fourth-order valence-corrected chi connectivity index (χ4v) is 8.00. The number of hydrogen-bond donors (Lipinski definition) is 6. The first kappa shape index (κ1) is 52.1. The van der Waals surface area contributed by atoms with Gasteiger partial charge in [0.2, 0.25) is 17.9 Å². The van der Waals surface area contributed by atoms with Gasteiger partial charge in [-0.2, -0.15) is 24.9 Å². The molecule has 0 spiro atoms. The number of carbonyl (C=O) groups is 4. The fourth-order valence-electron chi connectivity index (χ4n) is 6.46. The monoisotopic (exact) mass is 894 g/mol. The number of hydrogen-bond acceptors (Lipinski definition) is 12. The smallest absolute Gasteiger partial charge is 0.378 e. The standard InChI is InChI=1S/C40H69F3N8O9S/c1-36(2,26-60-38(5,6)15-17-45-34(55)33(54)40(41,42)43)48-31(53)13-14-37(3,4)58-20-16-39(7,8)59-24-27-23-51(50-49-27)19-22-57-21-18-44-30(52)12-10-9-11-29-32-28(25-61-29)46-35(56)47-32/h23,28-29,32-33,54H,9-22,24-26H2,1-8H3,(H,44,52)(H,45,55)(H,48,53)(H2,46,47,56)/t28-,29?,32?,33?/m1/s1. The molecular weight excluding hydrogens is 826 g/mol. The zero-order chi connectivity index (χ0) is 45.5. The van der Waals surface area contributed by atoms with E-state index in [4.69, 9.17) is 24.1 Å². The summed E-state index contributed by atoms with van der Waals surface area (Å²) in [6.45, 7) is 17.1. The van der Waals surface area contributed by atoms with E-state index < -0.39 is 40.5 Å². The summed E-state index contributed by atoms with van der Waals surface area (Å²) < 4.78 is 63.1. The number of nitrogens with zero attached hydrogens (tertiary/aromatic N) is 3. The zero-order valence-corrected chi connectivity index (χ0v) is 37.8. The van der Waals surface area contributed by atoms with Crippen LogP contribution in [0.5, 0.6) is 0 Å². The Kier molecular flexibility index (Phi) is 20.0. The number of aliphatic hydroxyl groups excluding tert-OH is 1. The normalized spacial score (nSPS) is 19.0. The largest absolute Gasteiger partial charge is 0.423 e. The maximum atomic E-state index is 12.8. The van der Waals surface area contributed by atoms with Crippen LogP contribution in [0.4, 0.5) is 18.0 Å². The molecule has 2 aliphatic heterocycles. The number of ether oxygens (including phenoxy) is 4. The van der Waals surface area contributed by atoms with Crippen LogP contribution in [-0.2, 0) is 46.5 Å². The highest BCUT2D eigenvalue weighted by Crippen LogP contribution is 2.33. The van der Waals surface area contributed by atoms with Crippen LogP contribution in [0.25, 0.3) is 0 Å². The summed E-state index contributed by atoms with van der Waals surface area (Å²) >= 11 is 1.88. The maximum absolute atomic E-state index is 12.8. The molecule has 0 aliphatic carbocycles. The van der Waals surface area contributed by atoms with Crippen molar-refractivity contribution in [2.24, 2.45) is 0 Å². The first-order chi connectivity index (χ1) is 28.4. The van der Waals surface area contributed by atoms with E-state index in [-0.39, 0.29) is 62.5 Å². The minimum absolute atomic E-state index is 0.00677. The van der Waals surface area contributed by atoms with Gasteiger partial charge in [0.15, 0.2) is 0 Å². The van der Waals surface area contributed by atoms with Crippen molar-refractivity contribution >= 4 is 35.5 Å². The van der Waals surface area contributed by atoms with Gasteiger partial charge < -0.3 is 50.6 Å². The van der Waals surface area contributed by atoms with Gasteiger partial charge in [0.05, 0.1) is 80.2 Å². The summed E-state index contributed by atoms with van der Waals surface area (Å²) in [6.07, 6.45) is -1.70. The molecule has 0 aromatic carbocycles. The lowest BCUT2D eigenvalue weighted by molar-refractivity contribution is -0.205. The number of alkyl halides is 3. The molecule has 2 fully saturated rings. The van der Waals surface area contributed by atoms with Gasteiger partial charge in [-0.25, -0.2) is 9.48 Å². The molecular formula is C40H69F3N8O9S. The van der Waals surface area contributed by atoms with E-state index in [9.17, 15) is 32.3 Å². The molecule has 0 saturated carbocycles. The lowest BCUT2D eigenvalue weighted by Crippen LogP contribution is -2.49. The molecule has 6 N–H and O–H groups in total. The molecule has 0 bridgehead atoms. The predicted octanol–water partition coefficient (Wildman–Crippen LogP) is 3.52. The molecule has 2 aliphatic rings. The number of unbranched alkanes of at least 4 members (excludes halogenated alkanes) is 1. The summed E-state index contributed by atoms with van der Waals surface area (Å²) in [6, 6.07) is 0.327. The number of aromatic nitrogens is 3. The SMILES string of the molecule is CC(C)(COC(C)(C)CCNC(=O)C(O)C(F)(F)F)NC(=O)CCC(C)(C)OCCC(C)(C)OCc1cn(CCOCCNC(=O)CCCCC2SC[C@H]3NC(=O)NC23)nn1. The van der Waals surface area contributed by atoms with Gasteiger partial charge in [-0.3, -0.25) is 14.4 Å². The molecule has 3 rings (SSSR count). The van der Waals surface area contributed by atoms with Crippen molar-refractivity contribution in [3.8, 4) is 0 Å². The van der Waals surface area contributed by atoms with Gasteiger partial charge in [0.1, 0.15) is 5.69 Å². The van der Waals surface area contributed by atoms with E-state index >= 15 is 0 Å². The van der Waals surface area contributed by atoms with Crippen molar-refractivity contribution in [1.29, 1.82) is 0 Å². The summed E-state index contributed by atoms with van der Waals surface area (Å²) in [7, 11) is 0. The lowest BCUT2D eigenvalue weighted by atomic mass is 10.00. The number of urea groups is 1. The molecule has 3 heterocycles. The van der Waals surface area contributed by atoms with E-state index in [0.29, 0.717) is 63.1 Å². The average molecular weight is 895 g/mol. The number of nitrogens with one attached hydrogen (secondary N) is 5. The third-order valence-electron chi connectivity index (χ3n) is 10.3. The molecule has 350 valence electrons. The quantitative estimate of drug-likeness (QED) is 0.0504. The van der Waals surface area contributed by atoms with Crippen LogP contribution in [0.15, 0.2) is 6.20 Å². The second kappa shape index (κ2) is 23.4. The lowest BCUT2D eigenvalue weighted by Gasteiger charge is -2.33. The van der Waals surface area contributed by atoms with Crippen molar-refractivity contribution in [3.05, 3.63) is 11.9 Å². The minimum Gasteiger partial charge on any atom is -0.378 e. The van der Waals surface area contributed by atoms with E-state index in [2.05, 4.69) is 36.9 Å². The maximum Gasteiger partial charge on any atom is 0.423 e. The highest BCUT2D eigenvalue weighted by atomic mass is 32.2. The molecule has 21 heteroatoms. The van der Waals surface area contributed by atoms with Crippen molar-refractivity contribution in [2.75, 3.05) is 45.3 Å². The van der Waals surface area contributed by atoms with Gasteiger partial charge in [-0.05, 0) is 87.5 Å². The number of rotatable bonds is 29. The molecule has 0 radical (unpaired) electrons. The Morgan fingerprint density at radius 3 is 2.31 bits per heavy atom. The van der Waals surface area contributed by atoms with E-state index in [1.807, 2.05) is 45.7 Å². The Labute approximate surface area is 361 Å². The Balaban J connectivity index is 1.21. The van der Waals surface area contributed by atoms with Gasteiger partial charge in [-0.1, -0.05) is 11.6 Å². The molecule has 2 saturated heterocycles. The Hall–Kier alpha value is -3.24. The highest BCUT2D eigenvalue weighted by Gasteiger charge is 2.44. The zero-order valence-electron chi connectivity index (χ0n) is 37.0. The molecule has 1 aromatic rings. The van der Waals surface area contributed by atoms with Crippen molar-refractivity contribution < 1.29 is 56.4 Å². The summed E-state index contributed by atoms with van der Waals surface area (Å²) in [5.74, 6) is -0.777. The number of aliphatic hydroxyl groups is 1. The number of carbonyl (C=O) groups excluding carboxylic acids is 4. The summed E-state index contributed by atoms with van der Waals surface area (Å²) in [5.41, 5.74) is -2.03.